The van der Waals surface area contributed by atoms with Gasteiger partial charge in [-0.15, -0.1) is 0 Å². The summed E-state index contributed by atoms with van der Waals surface area (Å²) >= 11 is 0. The molecule has 0 saturated heterocycles. The lowest BCUT2D eigenvalue weighted by Gasteiger charge is -2.18. The molecule has 0 aliphatic carbocycles. The van der Waals surface area contributed by atoms with Crippen LogP contribution in [0, 0.1) is 0 Å². The second-order valence-electron chi connectivity index (χ2n) is 5.18. The normalized spacial score (nSPS) is 13.4. The minimum absolute atomic E-state index is 0.192. The van der Waals surface area contributed by atoms with Crippen molar-refractivity contribution in [3.05, 3.63) is 60.2 Å². The zero-order valence-electron chi connectivity index (χ0n) is 13.0. The fourth-order valence-electron chi connectivity index (χ4n) is 2.10. The fraction of sp³-hybridized carbons (Fsp3) is 0.333. The van der Waals surface area contributed by atoms with E-state index in [2.05, 4.69) is 24.4 Å². The van der Waals surface area contributed by atoms with Crippen molar-refractivity contribution >= 4 is 0 Å². The largest absolute Gasteiger partial charge is 0.497 e. The molecule has 118 valence electrons. The molecule has 0 fully saturated rings. The molecule has 0 spiro atoms. The van der Waals surface area contributed by atoms with Gasteiger partial charge in [0.1, 0.15) is 24.2 Å². The van der Waals surface area contributed by atoms with Crippen LogP contribution in [0.25, 0.3) is 0 Å². The zero-order valence-corrected chi connectivity index (χ0v) is 13.0. The van der Waals surface area contributed by atoms with Gasteiger partial charge in [-0.3, -0.25) is 0 Å². The van der Waals surface area contributed by atoms with Crippen LogP contribution in [0.5, 0.6) is 11.5 Å². The molecule has 2 aromatic rings. The number of benzene rings is 2. The summed E-state index contributed by atoms with van der Waals surface area (Å²) < 4.78 is 10.6. The van der Waals surface area contributed by atoms with Crippen molar-refractivity contribution in [2.75, 3.05) is 20.3 Å². The maximum Gasteiger partial charge on any atom is 0.119 e. The van der Waals surface area contributed by atoms with Crippen molar-refractivity contribution in [3.8, 4) is 11.5 Å². The number of rotatable bonds is 8. The molecule has 2 rings (SSSR count). The number of methoxy groups -OCH3 is 1. The van der Waals surface area contributed by atoms with Crippen LogP contribution in [0.15, 0.2) is 54.6 Å². The molecule has 0 saturated carbocycles. The maximum atomic E-state index is 9.99. The summed E-state index contributed by atoms with van der Waals surface area (Å²) in [7, 11) is 1.62. The van der Waals surface area contributed by atoms with Crippen molar-refractivity contribution in [2.24, 2.45) is 0 Å². The topological polar surface area (TPSA) is 50.7 Å². The summed E-state index contributed by atoms with van der Waals surface area (Å²) in [5, 5.41) is 13.3. The Morgan fingerprint density at radius 2 is 1.64 bits per heavy atom. The quantitative estimate of drug-likeness (QED) is 0.787. The standard InChI is InChI=1S/C18H23NO3/c1-14(15-6-4-3-5-7-15)19-12-16(20)13-22-18-10-8-17(21-2)9-11-18/h3-11,14,16,19-20H,12-13H2,1-2H3/t14-,16-/m0/s1. The number of aliphatic hydroxyl groups excluding tert-OH is 1. The van der Waals surface area contributed by atoms with E-state index in [0.29, 0.717) is 6.54 Å². The molecule has 0 bridgehead atoms. The lowest BCUT2D eigenvalue weighted by atomic mass is 10.1. The monoisotopic (exact) mass is 301 g/mol. The first-order valence-electron chi connectivity index (χ1n) is 7.42. The average molecular weight is 301 g/mol. The summed E-state index contributed by atoms with van der Waals surface area (Å²) in [5.41, 5.74) is 1.20. The number of ether oxygens (including phenoxy) is 2. The molecule has 2 N–H and O–H groups in total. The summed E-state index contributed by atoms with van der Waals surface area (Å²) in [6, 6.07) is 17.7. The molecule has 0 heterocycles. The second-order valence-corrected chi connectivity index (χ2v) is 5.18. The molecular formula is C18H23NO3. The van der Waals surface area contributed by atoms with Crippen LogP contribution in [0.2, 0.25) is 0 Å². The van der Waals surface area contributed by atoms with Gasteiger partial charge in [-0.2, -0.15) is 0 Å². The molecule has 0 amide bonds. The van der Waals surface area contributed by atoms with Crippen LogP contribution in [0.3, 0.4) is 0 Å². The third kappa shape index (κ3) is 5.06. The van der Waals surface area contributed by atoms with Crippen molar-refractivity contribution in [2.45, 2.75) is 19.1 Å². The van der Waals surface area contributed by atoms with Crippen LogP contribution in [0.4, 0.5) is 0 Å². The Morgan fingerprint density at radius 1 is 1.00 bits per heavy atom. The first kappa shape index (κ1) is 16.3. The van der Waals surface area contributed by atoms with E-state index in [1.54, 1.807) is 7.11 Å². The molecule has 2 aromatic carbocycles. The number of hydrogen-bond donors (Lipinski definition) is 2. The van der Waals surface area contributed by atoms with Crippen molar-refractivity contribution in [1.29, 1.82) is 0 Å². The van der Waals surface area contributed by atoms with Crippen molar-refractivity contribution in [1.82, 2.24) is 5.32 Å². The van der Waals surface area contributed by atoms with E-state index in [1.165, 1.54) is 5.56 Å². The van der Waals surface area contributed by atoms with Gasteiger partial charge in [0.25, 0.3) is 0 Å². The molecule has 0 aliphatic heterocycles. The summed E-state index contributed by atoms with van der Waals surface area (Å²) in [4.78, 5) is 0. The van der Waals surface area contributed by atoms with Crippen LogP contribution >= 0.6 is 0 Å². The highest BCUT2D eigenvalue weighted by Gasteiger charge is 2.09. The summed E-state index contributed by atoms with van der Waals surface area (Å²) in [5.74, 6) is 1.50. The smallest absolute Gasteiger partial charge is 0.119 e. The summed E-state index contributed by atoms with van der Waals surface area (Å²) in [6.45, 7) is 2.80. The van der Waals surface area contributed by atoms with Gasteiger partial charge in [0, 0.05) is 12.6 Å². The van der Waals surface area contributed by atoms with E-state index in [-0.39, 0.29) is 12.6 Å². The Bertz CT molecular complexity index is 542. The van der Waals surface area contributed by atoms with Gasteiger partial charge >= 0.3 is 0 Å². The highest BCUT2D eigenvalue weighted by atomic mass is 16.5. The Hall–Kier alpha value is -2.04. The Labute approximate surface area is 131 Å². The van der Waals surface area contributed by atoms with Gasteiger partial charge in [-0.1, -0.05) is 30.3 Å². The van der Waals surface area contributed by atoms with Crippen molar-refractivity contribution < 1.29 is 14.6 Å². The maximum absolute atomic E-state index is 9.99. The summed E-state index contributed by atoms with van der Waals surface area (Å²) in [6.07, 6.45) is -0.562. The Morgan fingerprint density at radius 3 is 2.27 bits per heavy atom. The molecule has 0 radical (unpaired) electrons. The van der Waals surface area contributed by atoms with Gasteiger partial charge in [0.2, 0.25) is 0 Å². The SMILES string of the molecule is COc1ccc(OC[C@@H](O)CN[C@@H](C)c2ccccc2)cc1. The van der Waals surface area contributed by atoms with E-state index in [1.807, 2.05) is 42.5 Å². The fourth-order valence-corrected chi connectivity index (χ4v) is 2.10. The molecule has 4 nitrogen and oxygen atoms in total. The number of nitrogens with one attached hydrogen (secondary N) is 1. The number of hydrogen-bond acceptors (Lipinski definition) is 4. The van der Waals surface area contributed by atoms with E-state index >= 15 is 0 Å². The third-order valence-corrected chi connectivity index (χ3v) is 3.46. The lowest BCUT2D eigenvalue weighted by molar-refractivity contribution is 0.104. The average Bonchev–Trinajstić information content (AvgIpc) is 2.59. The molecule has 4 heteroatoms. The predicted octanol–water partition coefficient (Wildman–Crippen LogP) is 2.79. The molecular weight excluding hydrogens is 278 g/mol. The molecule has 2 atom stereocenters. The van der Waals surface area contributed by atoms with Gasteiger partial charge < -0.3 is 19.9 Å². The Kier molecular flexibility index (Phi) is 6.25. The highest BCUT2D eigenvalue weighted by molar-refractivity contribution is 5.31. The first-order chi connectivity index (χ1) is 10.7. The number of aliphatic hydroxyl groups is 1. The van der Waals surface area contributed by atoms with Crippen LogP contribution < -0.4 is 14.8 Å². The second kappa shape index (κ2) is 8.41. The molecule has 0 aliphatic rings. The van der Waals surface area contributed by atoms with E-state index in [0.717, 1.165) is 11.5 Å². The minimum atomic E-state index is -0.562. The predicted molar refractivity (Wildman–Crippen MR) is 87.4 cm³/mol. The Balaban J connectivity index is 1.72. The van der Waals surface area contributed by atoms with Gasteiger partial charge in [0.15, 0.2) is 0 Å². The molecule has 0 aromatic heterocycles. The van der Waals surface area contributed by atoms with Crippen LogP contribution in [-0.4, -0.2) is 31.5 Å². The van der Waals surface area contributed by atoms with Crippen molar-refractivity contribution in [3.63, 3.8) is 0 Å². The lowest BCUT2D eigenvalue weighted by Crippen LogP contribution is -2.33. The van der Waals surface area contributed by atoms with E-state index in [9.17, 15) is 5.11 Å². The molecule has 0 unspecified atom stereocenters. The zero-order chi connectivity index (χ0) is 15.8. The minimum Gasteiger partial charge on any atom is -0.497 e. The van der Waals surface area contributed by atoms with Crippen LogP contribution in [-0.2, 0) is 0 Å². The van der Waals surface area contributed by atoms with Gasteiger partial charge in [-0.25, -0.2) is 0 Å². The van der Waals surface area contributed by atoms with Gasteiger partial charge in [-0.05, 0) is 36.8 Å². The van der Waals surface area contributed by atoms with Crippen LogP contribution in [0.1, 0.15) is 18.5 Å². The molecule has 22 heavy (non-hydrogen) atoms. The van der Waals surface area contributed by atoms with E-state index < -0.39 is 6.10 Å². The third-order valence-electron chi connectivity index (χ3n) is 3.46. The van der Waals surface area contributed by atoms with Gasteiger partial charge in [0.05, 0.1) is 7.11 Å². The van der Waals surface area contributed by atoms with E-state index in [4.69, 9.17) is 9.47 Å². The highest BCUT2D eigenvalue weighted by Crippen LogP contribution is 2.17. The first-order valence-corrected chi connectivity index (χ1v) is 7.42.